The molecular formula is C14H17ClN2O3. The molecular weight excluding hydrogens is 280 g/mol. The first-order chi connectivity index (χ1) is 9.52. The first-order valence-electron chi connectivity index (χ1n) is 6.52. The molecule has 0 spiro atoms. The summed E-state index contributed by atoms with van der Waals surface area (Å²) in [5.41, 5.74) is 0.450. The van der Waals surface area contributed by atoms with Crippen molar-refractivity contribution in [2.24, 2.45) is 5.92 Å². The number of phenols is 1. The second kappa shape index (κ2) is 6.13. The molecule has 0 aliphatic carbocycles. The monoisotopic (exact) mass is 296 g/mol. The van der Waals surface area contributed by atoms with Crippen LogP contribution in [0.2, 0.25) is 5.02 Å². The quantitative estimate of drug-likeness (QED) is 0.872. The van der Waals surface area contributed by atoms with E-state index >= 15 is 0 Å². The smallest absolute Gasteiger partial charge is 0.253 e. The van der Waals surface area contributed by atoms with E-state index in [0.717, 1.165) is 0 Å². The van der Waals surface area contributed by atoms with E-state index in [0.29, 0.717) is 31.5 Å². The number of carbonyl (C=O) groups excluding carboxylic acids is 2. The first kappa shape index (κ1) is 14.7. The van der Waals surface area contributed by atoms with E-state index in [1.165, 1.54) is 12.1 Å². The topological polar surface area (TPSA) is 69.6 Å². The SMILES string of the molecule is CNC(=O)C1CCN(C(=O)c2ccc(O)c(Cl)c2)CC1. The molecule has 108 valence electrons. The van der Waals surface area contributed by atoms with Crippen molar-refractivity contribution in [3.63, 3.8) is 0 Å². The van der Waals surface area contributed by atoms with E-state index in [4.69, 9.17) is 11.6 Å². The number of piperidine rings is 1. The number of halogens is 1. The average Bonchev–Trinajstić information content (AvgIpc) is 2.48. The lowest BCUT2D eigenvalue weighted by Gasteiger charge is -2.31. The van der Waals surface area contributed by atoms with Crippen molar-refractivity contribution in [2.75, 3.05) is 20.1 Å². The van der Waals surface area contributed by atoms with Crippen molar-refractivity contribution >= 4 is 23.4 Å². The zero-order valence-corrected chi connectivity index (χ0v) is 12.0. The Bertz CT molecular complexity index is 525. The van der Waals surface area contributed by atoms with Crippen LogP contribution in [0, 0.1) is 5.92 Å². The largest absolute Gasteiger partial charge is 0.506 e. The molecule has 0 radical (unpaired) electrons. The Morgan fingerprint density at radius 1 is 1.35 bits per heavy atom. The highest BCUT2D eigenvalue weighted by molar-refractivity contribution is 6.32. The van der Waals surface area contributed by atoms with Gasteiger partial charge in [-0.25, -0.2) is 0 Å². The Labute approximate surface area is 122 Å². The maximum absolute atomic E-state index is 12.3. The number of nitrogens with one attached hydrogen (secondary N) is 1. The highest BCUT2D eigenvalue weighted by atomic mass is 35.5. The van der Waals surface area contributed by atoms with Crippen LogP contribution in [-0.4, -0.2) is 42.0 Å². The second-order valence-corrected chi connectivity index (χ2v) is 5.25. The lowest BCUT2D eigenvalue weighted by Crippen LogP contribution is -2.42. The van der Waals surface area contributed by atoms with Gasteiger partial charge in [-0.15, -0.1) is 0 Å². The number of aromatic hydroxyl groups is 1. The third kappa shape index (κ3) is 3.04. The molecule has 2 amide bonds. The number of amides is 2. The van der Waals surface area contributed by atoms with Gasteiger partial charge in [0.1, 0.15) is 5.75 Å². The lowest BCUT2D eigenvalue weighted by atomic mass is 9.95. The fourth-order valence-corrected chi connectivity index (χ4v) is 2.55. The second-order valence-electron chi connectivity index (χ2n) is 4.85. The fourth-order valence-electron chi connectivity index (χ4n) is 2.37. The van der Waals surface area contributed by atoms with Gasteiger partial charge in [-0.3, -0.25) is 9.59 Å². The van der Waals surface area contributed by atoms with E-state index in [1.54, 1.807) is 18.0 Å². The van der Waals surface area contributed by atoms with Gasteiger partial charge in [0, 0.05) is 31.6 Å². The molecule has 0 saturated carbocycles. The Balaban J connectivity index is 2.01. The summed E-state index contributed by atoms with van der Waals surface area (Å²) >= 11 is 5.81. The Morgan fingerprint density at radius 2 is 2.00 bits per heavy atom. The average molecular weight is 297 g/mol. The van der Waals surface area contributed by atoms with E-state index in [-0.39, 0.29) is 28.5 Å². The van der Waals surface area contributed by atoms with Crippen LogP contribution in [-0.2, 0) is 4.79 Å². The third-order valence-electron chi connectivity index (χ3n) is 3.59. The van der Waals surface area contributed by atoms with Crippen LogP contribution in [0.5, 0.6) is 5.75 Å². The summed E-state index contributed by atoms with van der Waals surface area (Å²) in [5.74, 6) is -0.152. The maximum atomic E-state index is 12.3. The molecule has 1 saturated heterocycles. The summed E-state index contributed by atoms with van der Waals surface area (Å²) in [7, 11) is 1.62. The Hall–Kier alpha value is -1.75. The van der Waals surface area contributed by atoms with Gasteiger partial charge in [-0.2, -0.15) is 0 Å². The highest BCUT2D eigenvalue weighted by Gasteiger charge is 2.27. The number of hydrogen-bond acceptors (Lipinski definition) is 3. The van der Waals surface area contributed by atoms with Crippen LogP contribution in [0.1, 0.15) is 23.2 Å². The molecule has 1 fully saturated rings. The highest BCUT2D eigenvalue weighted by Crippen LogP contribution is 2.25. The molecule has 1 aromatic carbocycles. The van der Waals surface area contributed by atoms with Gasteiger partial charge >= 0.3 is 0 Å². The molecule has 0 bridgehead atoms. The van der Waals surface area contributed by atoms with Gasteiger partial charge in [-0.05, 0) is 31.0 Å². The number of benzene rings is 1. The van der Waals surface area contributed by atoms with Gasteiger partial charge in [0.2, 0.25) is 5.91 Å². The zero-order chi connectivity index (χ0) is 14.7. The van der Waals surface area contributed by atoms with Gasteiger partial charge in [0.25, 0.3) is 5.91 Å². The van der Waals surface area contributed by atoms with Gasteiger partial charge in [0.15, 0.2) is 0 Å². The van der Waals surface area contributed by atoms with Gasteiger partial charge in [-0.1, -0.05) is 11.6 Å². The molecule has 0 aromatic heterocycles. The van der Waals surface area contributed by atoms with Crippen LogP contribution in [0.25, 0.3) is 0 Å². The molecule has 5 nitrogen and oxygen atoms in total. The zero-order valence-electron chi connectivity index (χ0n) is 11.2. The fraction of sp³-hybridized carbons (Fsp3) is 0.429. The summed E-state index contributed by atoms with van der Waals surface area (Å²) < 4.78 is 0. The minimum atomic E-state index is -0.123. The number of nitrogens with zero attached hydrogens (tertiary/aromatic N) is 1. The van der Waals surface area contributed by atoms with E-state index in [1.807, 2.05) is 0 Å². The van der Waals surface area contributed by atoms with Crippen LogP contribution >= 0.6 is 11.6 Å². The van der Waals surface area contributed by atoms with Crippen molar-refractivity contribution < 1.29 is 14.7 Å². The van der Waals surface area contributed by atoms with Gasteiger partial charge < -0.3 is 15.3 Å². The molecule has 20 heavy (non-hydrogen) atoms. The Kier molecular flexibility index (Phi) is 4.49. The molecule has 1 aliphatic heterocycles. The molecule has 1 aromatic rings. The lowest BCUT2D eigenvalue weighted by molar-refractivity contribution is -0.125. The van der Waals surface area contributed by atoms with E-state index in [9.17, 15) is 14.7 Å². The molecule has 0 unspecified atom stereocenters. The maximum Gasteiger partial charge on any atom is 0.253 e. The van der Waals surface area contributed by atoms with Crippen molar-refractivity contribution in [1.82, 2.24) is 10.2 Å². The first-order valence-corrected chi connectivity index (χ1v) is 6.90. The number of hydrogen-bond donors (Lipinski definition) is 2. The normalized spacial score (nSPS) is 16.0. The van der Waals surface area contributed by atoms with Gasteiger partial charge in [0.05, 0.1) is 5.02 Å². The van der Waals surface area contributed by atoms with Crippen LogP contribution in [0.3, 0.4) is 0 Å². The minimum absolute atomic E-state index is 0.0209. The number of phenolic OH excluding ortho intramolecular Hbond substituents is 1. The van der Waals surface area contributed by atoms with Crippen LogP contribution in [0.4, 0.5) is 0 Å². The molecule has 1 aliphatic rings. The summed E-state index contributed by atoms with van der Waals surface area (Å²) in [6.45, 7) is 1.10. The van der Waals surface area contributed by atoms with Crippen LogP contribution in [0.15, 0.2) is 18.2 Å². The van der Waals surface area contributed by atoms with Crippen molar-refractivity contribution in [2.45, 2.75) is 12.8 Å². The van der Waals surface area contributed by atoms with Crippen molar-refractivity contribution in [3.8, 4) is 5.75 Å². The number of rotatable bonds is 2. The predicted octanol–water partition coefficient (Wildman–Crippen LogP) is 1.64. The summed E-state index contributed by atoms with van der Waals surface area (Å²) in [6.07, 6.45) is 1.33. The molecule has 6 heteroatoms. The van der Waals surface area contributed by atoms with Crippen molar-refractivity contribution in [1.29, 1.82) is 0 Å². The van der Waals surface area contributed by atoms with Crippen LogP contribution < -0.4 is 5.32 Å². The molecule has 2 rings (SSSR count). The molecule has 0 atom stereocenters. The summed E-state index contributed by atoms with van der Waals surface area (Å²) in [6, 6.07) is 4.42. The Morgan fingerprint density at radius 3 is 2.55 bits per heavy atom. The predicted molar refractivity (Wildman–Crippen MR) is 75.8 cm³/mol. The van der Waals surface area contributed by atoms with Crippen molar-refractivity contribution in [3.05, 3.63) is 28.8 Å². The van der Waals surface area contributed by atoms with E-state index in [2.05, 4.69) is 5.32 Å². The third-order valence-corrected chi connectivity index (χ3v) is 3.90. The molecule has 1 heterocycles. The number of likely N-dealkylation sites (tertiary alicyclic amines) is 1. The molecule has 2 N–H and O–H groups in total. The minimum Gasteiger partial charge on any atom is -0.506 e. The van der Waals surface area contributed by atoms with E-state index < -0.39 is 0 Å². The summed E-state index contributed by atoms with van der Waals surface area (Å²) in [5, 5.41) is 12.2. The number of carbonyl (C=O) groups is 2. The standard InChI is InChI=1S/C14H17ClN2O3/c1-16-13(19)9-4-6-17(7-5-9)14(20)10-2-3-12(18)11(15)8-10/h2-3,8-9,18H,4-7H2,1H3,(H,16,19). The summed E-state index contributed by atoms with van der Waals surface area (Å²) in [4.78, 5) is 25.5.